The van der Waals surface area contributed by atoms with Gasteiger partial charge < -0.3 is 4.74 Å². The van der Waals surface area contributed by atoms with Gasteiger partial charge in [0.1, 0.15) is 18.2 Å². The van der Waals surface area contributed by atoms with Crippen molar-refractivity contribution in [2.45, 2.75) is 65.0 Å². The number of allylic oxidation sites excluding steroid dienone is 2. The van der Waals surface area contributed by atoms with E-state index in [9.17, 15) is 0 Å². The molecular weight excluding hydrogens is 453 g/mol. The van der Waals surface area contributed by atoms with Gasteiger partial charge in [-0.1, -0.05) is 51.0 Å². The minimum Gasteiger partial charge on any atom is -0.489 e. The van der Waals surface area contributed by atoms with E-state index in [0.29, 0.717) is 24.6 Å². The lowest BCUT2D eigenvalue weighted by Crippen LogP contribution is -2.25. The van der Waals surface area contributed by atoms with E-state index in [1.165, 1.54) is 24.0 Å². The average Bonchev–Trinajstić information content (AvgIpc) is 3.39. The quantitative estimate of drug-likeness (QED) is 0.276. The van der Waals surface area contributed by atoms with Crippen LogP contribution in [0.15, 0.2) is 70.8 Å². The molecule has 2 atom stereocenters. The Balaban J connectivity index is 1.64. The summed E-state index contributed by atoms with van der Waals surface area (Å²) in [6.07, 6.45) is 5.18. The summed E-state index contributed by atoms with van der Waals surface area (Å²) in [7, 11) is 0. The van der Waals surface area contributed by atoms with Crippen molar-refractivity contribution in [3.63, 3.8) is 0 Å². The number of halogens is 1. The number of nitrogens with zero attached hydrogens (tertiary/aromatic N) is 1. The number of thiol groups is 1. The van der Waals surface area contributed by atoms with E-state index in [4.69, 9.17) is 22.4 Å². The molecule has 0 saturated heterocycles. The van der Waals surface area contributed by atoms with E-state index >= 15 is 4.39 Å². The molecule has 0 bridgehead atoms. The molecule has 0 N–H and O–H groups in total. The Morgan fingerprint density at radius 1 is 1.26 bits per heavy atom. The lowest BCUT2D eigenvalue weighted by molar-refractivity contribution is 0.297. The Morgan fingerprint density at radius 3 is 2.74 bits per heavy atom. The summed E-state index contributed by atoms with van der Waals surface area (Å²) < 4.78 is 21.4. The van der Waals surface area contributed by atoms with Gasteiger partial charge in [-0.2, -0.15) is 12.6 Å². The van der Waals surface area contributed by atoms with Crippen molar-refractivity contribution in [1.29, 1.82) is 0 Å². The van der Waals surface area contributed by atoms with Crippen LogP contribution in [0.3, 0.4) is 0 Å². The lowest BCUT2D eigenvalue weighted by atomic mass is 9.74. The van der Waals surface area contributed by atoms with Gasteiger partial charge in [0.15, 0.2) is 0 Å². The van der Waals surface area contributed by atoms with Crippen LogP contribution in [0.1, 0.15) is 75.3 Å². The Hall–Kier alpha value is -2.33. The van der Waals surface area contributed by atoms with Crippen LogP contribution in [0.4, 0.5) is 4.39 Å². The number of rotatable bonds is 9. The molecule has 0 radical (unpaired) electrons. The van der Waals surface area contributed by atoms with Gasteiger partial charge in [0, 0.05) is 10.8 Å². The zero-order valence-electron chi connectivity index (χ0n) is 21.5. The number of hydrogen-bond donors (Lipinski definition) is 1. The predicted molar refractivity (Wildman–Crippen MR) is 148 cm³/mol. The van der Waals surface area contributed by atoms with Crippen molar-refractivity contribution in [2.75, 3.05) is 13.2 Å². The van der Waals surface area contributed by atoms with E-state index in [-0.39, 0.29) is 16.5 Å². The van der Waals surface area contributed by atoms with Gasteiger partial charge in [-0.05, 0) is 90.5 Å². The smallest absolute Gasteiger partial charge is 0.132 e. The third-order valence-electron chi connectivity index (χ3n) is 7.56. The van der Waals surface area contributed by atoms with E-state index < -0.39 is 0 Å². The predicted octanol–water partition coefficient (Wildman–Crippen LogP) is 8.33. The molecular formula is C31H38FNOS. The second kappa shape index (κ2) is 10.7. The van der Waals surface area contributed by atoms with Crippen LogP contribution >= 0.6 is 12.6 Å². The number of benzene rings is 2. The first-order valence-corrected chi connectivity index (χ1v) is 13.3. The summed E-state index contributed by atoms with van der Waals surface area (Å²) in [6, 6.07) is 13.6. The molecule has 0 amide bonds. The number of aliphatic imine (C=N–C) groups is 1. The molecule has 2 aromatic rings. The molecule has 2 aliphatic rings. The number of ether oxygens (including phenoxy) is 1. The molecule has 1 aliphatic carbocycles. The van der Waals surface area contributed by atoms with E-state index in [2.05, 4.69) is 39.5 Å². The second-order valence-corrected chi connectivity index (χ2v) is 11.4. The largest absolute Gasteiger partial charge is 0.489 e. The van der Waals surface area contributed by atoms with Crippen molar-refractivity contribution in [3.8, 4) is 5.75 Å². The zero-order chi connectivity index (χ0) is 25.2. The SMILES string of the molecule is C=C(C)CC(S)c1cccc(OCC2=C(C3CCCC3(C)C)C(c3cc(CC)ccc3F)=NC2)c1. The van der Waals surface area contributed by atoms with Gasteiger partial charge in [-0.15, -0.1) is 6.58 Å². The first kappa shape index (κ1) is 25.8. The van der Waals surface area contributed by atoms with E-state index in [1.807, 2.05) is 31.2 Å². The third-order valence-corrected chi connectivity index (χ3v) is 8.04. The lowest BCUT2D eigenvalue weighted by Gasteiger charge is -2.30. The molecule has 1 saturated carbocycles. The summed E-state index contributed by atoms with van der Waals surface area (Å²) >= 11 is 4.75. The maximum atomic E-state index is 15.1. The van der Waals surface area contributed by atoms with Crippen LogP contribution in [0.2, 0.25) is 0 Å². The molecule has 0 aromatic heterocycles. The molecule has 4 heteroatoms. The average molecular weight is 492 g/mol. The Labute approximate surface area is 215 Å². The van der Waals surface area contributed by atoms with Crippen LogP contribution in [-0.2, 0) is 6.42 Å². The summed E-state index contributed by atoms with van der Waals surface area (Å²) in [5.41, 5.74) is 7.39. The molecule has 0 spiro atoms. The van der Waals surface area contributed by atoms with Crippen LogP contribution in [-0.4, -0.2) is 18.9 Å². The van der Waals surface area contributed by atoms with Crippen molar-refractivity contribution in [1.82, 2.24) is 0 Å². The van der Waals surface area contributed by atoms with E-state index in [0.717, 1.165) is 47.4 Å². The minimum atomic E-state index is -0.193. The maximum absolute atomic E-state index is 15.1. The summed E-state index contributed by atoms with van der Waals surface area (Å²) in [6.45, 7) is 13.8. The fourth-order valence-corrected chi connectivity index (χ4v) is 6.02. The first-order valence-electron chi connectivity index (χ1n) is 12.8. The van der Waals surface area contributed by atoms with Crippen molar-refractivity contribution in [3.05, 3.63) is 88.3 Å². The van der Waals surface area contributed by atoms with Crippen LogP contribution in [0.25, 0.3) is 0 Å². The first-order chi connectivity index (χ1) is 16.7. The van der Waals surface area contributed by atoms with Gasteiger partial charge in [0.2, 0.25) is 0 Å². The molecule has 186 valence electrons. The fourth-order valence-electron chi connectivity index (χ4n) is 5.54. The maximum Gasteiger partial charge on any atom is 0.132 e. The highest BCUT2D eigenvalue weighted by Gasteiger charge is 2.41. The Bertz CT molecular complexity index is 1160. The molecule has 1 fully saturated rings. The van der Waals surface area contributed by atoms with Crippen molar-refractivity contribution < 1.29 is 9.13 Å². The van der Waals surface area contributed by atoms with E-state index in [1.54, 1.807) is 6.07 Å². The van der Waals surface area contributed by atoms with Crippen LogP contribution in [0.5, 0.6) is 5.75 Å². The number of aryl methyl sites for hydroxylation is 1. The van der Waals surface area contributed by atoms with Crippen molar-refractivity contribution >= 4 is 18.3 Å². The molecule has 2 aromatic carbocycles. The van der Waals surface area contributed by atoms with Gasteiger partial charge in [-0.25, -0.2) is 4.39 Å². The fraction of sp³-hybridized carbons (Fsp3) is 0.452. The summed E-state index contributed by atoms with van der Waals surface area (Å²) in [5, 5.41) is 0.0975. The van der Waals surface area contributed by atoms with Crippen LogP contribution in [0, 0.1) is 17.2 Å². The Morgan fingerprint density at radius 2 is 2.06 bits per heavy atom. The van der Waals surface area contributed by atoms with Crippen molar-refractivity contribution in [2.24, 2.45) is 16.3 Å². The highest BCUT2D eigenvalue weighted by Crippen LogP contribution is 2.49. The molecule has 35 heavy (non-hydrogen) atoms. The topological polar surface area (TPSA) is 21.6 Å². The molecule has 4 rings (SSSR count). The molecule has 2 unspecified atom stereocenters. The molecule has 1 aliphatic heterocycles. The van der Waals surface area contributed by atoms with Gasteiger partial charge in [-0.3, -0.25) is 4.99 Å². The minimum absolute atomic E-state index is 0.0975. The second-order valence-electron chi connectivity index (χ2n) is 10.8. The monoisotopic (exact) mass is 491 g/mol. The van der Waals surface area contributed by atoms with Gasteiger partial charge in [0.05, 0.1) is 12.3 Å². The summed E-state index contributed by atoms with van der Waals surface area (Å²) in [4.78, 5) is 4.91. The van der Waals surface area contributed by atoms with Gasteiger partial charge in [0.25, 0.3) is 0 Å². The third kappa shape index (κ3) is 5.74. The standard InChI is InChI=1S/C31H38FNOS/c1-6-21-12-13-27(32)25(16-21)30-29(26-11-8-14-31(26,4)5)23(18-33-30)19-34-24-10-7-9-22(17-24)28(35)15-20(2)3/h7,9-10,12-13,16-17,26,28,35H,2,6,8,11,14-15,18-19H2,1,3-5H3. The highest BCUT2D eigenvalue weighted by atomic mass is 32.1. The molecule has 1 heterocycles. The number of hydrogen-bond acceptors (Lipinski definition) is 3. The highest BCUT2D eigenvalue weighted by molar-refractivity contribution is 7.80. The van der Waals surface area contributed by atoms with Gasteiger partial charge >= 0.3 is 0 Å². The summed E-state index contributed by atoms with van der Waals surface area (Å²) in [5.74, 6) is 0.991. The van der Waals surface area contributed by atoms with Crippen LogP contribution < -0.4 is 4.74 Å². The normalized spacial score (nSPS) is 20.2. The molecule has 2 nitrogen and oxygen atoms in total. The Kier molecular flexibility index (Phi) is 7.90. The zero-order valence-corrected chi connectivity index (χ0v) is 22.4.